The molecule has 0 bridgehead atoms. The van der Waals surface area contributed by atoms with Gasteiger partial charge < -0.3 is 10.2 Å². The van der Waals surface area contributed by atoms with Crippen LogP contribution in [0.25, 0.3) is 0 Å². The van der Waals surface area contributed by atoms with Gasteiger partial charge in [-0.1, -0.05) is 19.1 Å². The molecule has 2 rings (SSSR count). The Labute approximate surface area is 104 Å². The van der Waals surface area contributed by atoms with E-state index in [0.717, 1.165) is 6.54 Å². The molecule has 0 amide bonds. The molecule has 0 unspecified atom stereocenters. The summed E-state index contributed by atoms with van der Waals surface area (Å²) in [6.45, 7) is 9.33. The highest BCUT2D eigenvalue weighted by Crippen LogP contribution is 2.12. The van der Waals surface area contributed by atoms with Crippen molar-refractivity contribution >= 4 is 5.69 Å². The first kappa shape index (κ1) is 12.4. The number of hydrogen-bond donors (Lipinski definition) is 1. The summed E-state index contributed by atoms with van der Waals surface area (Å²) in [4.78, 5) is 5.06. The molecule has 1 heterocycles. The smallest absolute Gasteiger partial charge is 0.0337 e. The van der Waals surface area contributed by atoms with Gasteiger partial charge in [0, 0.05) is 45.5 Å². The summed E-state index contributed by atoms with van der Waals surface area (Å²) in [6.07, 6.45) is 0. The van der Waals surface area contributed by atoms with E-state index in [4.69, 9.17) is 0 Å². The molecule has 17 heavy (non-hydrogen) atoms. The first-order chi connectivity index (χ1) is 8.31. The molecule has 1 saturated heterocycles. The zero-order valence-electron chi connectivity index (χ0n) is 10.9. The van der Waals surface area contributed by atoms with Crippen molar-refractivity contribution in [2.45, 2.75) is 13.5 Å². The van der Waals surface area contributed by atoms with Crippen LogP contribution in [-0.4, -0.2) is 49.6 Å². The maximum atomic E-state index is 3.15. The van der Waals surface area contributed by atoms with Crippen molar-refractivity contribution in [1.29, 1.82) is 0 Å². The van der Waals surface area contributed by atoms with Gasteiger partial charge in [0.05, 0.1) is 0 Å². The Kier molecular flexibility index (Phi) is 4.40. The minimum atomic E-state index is 1.08. The normalized spacial score (nSPS) is 18.2. The summed E-state index contributed by atoms with van der Waals surface area (Å²) in [5.74, 6) is 0. The Hall–Kier alpha value is -1.06. The Morgan fingerprint density at radius 3 is 2.12 bits per heavy atom. The second-order valence-corrected chi connectivity index (χ2v) is 4.66. The van der Waals surface area contributed by atoms with Gasteiger partial charge in [0.2, 0.25) is 0 Å². The number of piperazine rings is 1. The van der Waals surface area contributed by atoms with Crippen LogP contribution >= 0.6 is 0 Å². The zero-order chi connectivity index (χ0) is 12.1. The number of hydrogen-bond acceptors (Lipinski definition) is 3. The lowest BCUT2D eigenvalue weighted by Gasteiger charge is -2.34. The maximum absolute atomic E-state index is 3.15. The molecule has 0 aromatic heterocycles. The van der Waals surface area contributed by atoms with Gasteiger partial charge >= 0.3 is 0 Å². The van der Waals surface area contributed by atoms with Crippen LogP contribution in [0.4, 0.5) is 5.69 Å². The molecule has 1 aliphatic rings. The van der Waals surface area contributed by atoms with E-state index >= 15 is 0 Å². The number of anilines is 1. The van der Waals surface area contributed by atoms with Crippen LogP contribution in [0, 0.1) is 0 Å². The fraction of sp³-hybridized carbons (Fsp3) is 0.571. The Bertz CT molecular complexity index is 326. The highest BCUT2D eigenvalue weighted by Gasteiger charge is 2.15. The van der Waals surface area contributed by atoms with Crippen molar-refractivity contribution in [1.82, 2.24) is 9.80 Å². The molecular formula is C14H23N3. The highest BCUT2D eigenvalue weighted by molar-refractivity contribution is 5.43. The third kappa shape index (κ3) is 3.45. The fourth-order valence-electron chi connectivity index (χ4n) is 2.30. The molecule has 1 N–H and O–H groups in total. The van der Waals surface area contributed by atoms with E-state index in [1.807, 2.05) is 7.05 Å². The molecule has 0 radical (unpaired) electrons. The van der Waals surface area contributed by atoms with E-state index in [1.54, 1.807) is 0 Å². The molecule has 1 aromatic rings. The van der Waals surface area contributed by atoms with Crippen LogP contribution < -0.4 is 5.32 Å². The molecule has 0 aliphatic carbocycles. The number of rotatable bonds is 4. The van der Waals surface area contributed by atoms with E-state index < -0.39 is 0 Å². The minimum Gasteiger partial charge on any atom is -0.388 e. The van der Waals surface area contributed by atoms with Gasteiger partial charge in [0.15, 0.2) is 0 Å². The van der Waals surface area contributed by atoms with Crippen molar-refractivity contribution < 1.29 is 0 Å². The third-order valence-corrected chi connectivity index (χ3v) is 3.56. The van der Waals surface area contributed by atoms with Gasteiger partial charge in [-0.3, -0.25) is 4.90 Å². The van der Waals surface area contributed by atoms with E-state index in [2.05, 4.69) is 46.3 Å². The summed E-state index contributed by atoms with van der Waals surface area (Å²) >= 11 is 0. The maximum Gasteiger partial charge on any atom is 0.0337 e. The third-order valence-electron chi connectivity index (χ3n) is 3.56. The Morgan fingerprint density at radius 2 is 1.59 bits per heavy atom. The first-order valence-corrected chi connectivity index (χ1v) is 6.53. The summed E-state index contributed by atoms with van der Waals surface area (Å²) in [6, 6.07) is 8.74. The summed E-state index contributed by atoms with van der Waals surface area (Å²) in [5, 5.41) is 3.15. The quantitative estimate of drug-likeness (QED) is 0.856. The lowest BCUT2D eigenvalue weighted by Crippen LogP contribution is -2.45. The zero-order valence-corrected chi connectivity index (χ0v) is 10.9. The molecule has 0 spiro atoms. The predicted octanol–water partition coefficient (Wildman–Crippen LogP) is 1.87. The van der Waals surface area contributed by atoms with Crippen molar-refractivity contribution in [2.24, 2.45) is 0 Å². The van der Waals surface area contributed by atoms with Crippen LogP contribution in [0.3, 0.4) is 0 Å². The predicted molar refractivity (Wildman–Crippen MR) is 73.4 cm³/mol. The number of nitrogens with zero attached hydrogens (tertiary/aromatic N) is 2. The standard InChI is InChI=1S/C14H23N3/c1-3-16-8-10-17(11-9-16)12-13-4-6-14(15-2)7-5-13/h4-7,15H,3,8-12H2,1-2H3. The highest BCUT2D eigenvalue weighted by atomic mass is 15.3. The lowest BCUT2D eigenvalue weighted by atomic mass is 10.2. The molecule has 1 fully saturated rings. The topological polar surface area (TPSA) is 18.5 Å². The molecule has 0 saturated carbocycles. The van der Waals surface area contributed by atoms with Crippen molar-refractivity contribution in [3.05, 3.63) is 29.8 Å². The molecule has 3 nitrogen and oxygen atoms in total. The van der Waals surface area contributed by atoms with Gasteiger partial charge in [-0.25, -0.2) is 0 Å². The van der Waals surface area contributed by atoms with E-state index in [9.17, 15) is 0 Å². The Balaban J connectivity index is 1.84. The second-order valence-electron chi connectivity index (χ2n) is 4.66. The van der Waals surface area contributed by atoms with Gasteiger partial charge in [0.25, 0.3) is 0 Å². The van der Waals surface area contributed by atoms with Gasteiger partial charge in [-0.2, -0.15) is 0 Å². The molecular weight excluding hydrogens is 210 g/mol. The monoisotopic (exact) mass is 233 g/mol. The van der Waals surface area contributed by atoms with E-state index in [-0.39, 0.29) is 0 Å². The SMILES string of the molecule is CCN1CCN(Cc2ccc(NC)cc2)CC1. The molecule has 1 aliphatic heterocycles. The lowest BCUT2D eigenvalue weighted by molar-refractivity contribution is 0.132. The van der Waals surface area contributed by atoms with Crippen molar-refractivity contribution in [3.8, 4) is 0 Å². The molecule has 1 aromatic carbocycles. The molecule has 0 atom stereocenters. The summed E-state index contributed by atoms with van der Waals surface area (Å²) in [5.41, 5.74) is 2.60. The Morgan fingerprint density at radius 1 is 1.00 bits per heavy atom. The molecule has 94 valence electrons. The summed E-state index contributed by atoms with van der Waals surface area (Å²) in [7, 11) is 1.96. The average molecular weight is 233 g/mol. The number of nitrogens with one attached hydrogen (secondary N) is 1. The van der Waals surface area contributed by atoms with Crippen LogP contribution in [0.1, 0.15) is 12.5 Å². The number of likely N-dealkylation sites (N-methyl/N-ethyl adjacent to an activating group) is 1. The van der Waals surface area contributed by atoms with Crippen LogP contribution in [0.5, 0.6) is 0 Å². The van der Waals surface area contributed by atoms with Crippen LogP contribution in [-0.2, 0) is 6.54 Å². The van der Waals surface area contributed by atoms with Gasteiger partial charge in [0.1, 0.15) is 0 Å². The number of benzene rings is 1. The first-order valence-electron chi connectivity index (χ1n) is 6.53. The summed E-state index contributed by atoms with van der Waals surface area (Å²) < 4.78 is 0. The second kappa shape index (κ2) is 6.03. The van der Waals surface area contributed by atoms with E-state index in [1.165, 1.54) is 44.0 Å². The fourth-order valence-corrected chi connectivity index (χ4v) is 2.30. The average Bonchev–Trinajstić information content (AvgIpc) is 2.40. The van der Waals surface area contributed by atoms with Crippen LogP contribution in [0.2, 0.25) is 0 Å². The van der Waals surface area contributed by atoms with Gasteiger partial charge in [-0.15, -0.1) is 0 Å². The largest absolute Gasteiger partial charge is 0.388 e. The van der Waals surface area contributed by atoms with Crippen molar-refractivity contribution in [3.63, 3.8) is 0 Å². The minimum absolute atomic E-state index is 1.08. The molecule has 3 heteroatoms. The van der Waals surface area contributed by atoms with Crippen LogP contribution in [0.15, 0.2) is 24.3 Å². The van der Waals surface area contributed by atoms with Crippen molar-refractivity contribution in [2.75, 3.05) is 45.1 Å². The van der Waals surface area contributed by atoms with E-state index in [0.29, 0.717) is 0 Å². The van der Waals surface area contributed by atoms with Gasteiger partial charge in [-0.05, 0) is 24.2 Å².